The van der Waals surface area contributed by atoms with Gasteiger partial charge in [-0.15, -0.1) is 61.8 Å². The monoisotopic (exact) mass is 2520 g/mol. The van der Waals surface area contributed by atoms with Crippen LogP contribution in [-0.2, 0) is 101 Å². The molecule has 5 aliphatic rings. The van der Waals surface area contributed by atoms with Crippen molar-refractivity contribution in [3.63, 3.8) is 0 Å². The van der Waals surface area contributed by atoms with Crippen molar-refractivity contribution in [1.29, 1.82) is 0 Å². The molecule has 0 saturated heterocycles. The van der Waals surface area contributed by atoms with Crippen LogP contribution in [0.25, 0.3) is 11.1 Å². The maximum atomic E-state index is 4.80. The number of nitrogens with zero attached hydrogens (tertiary/aromatic N) is 17. The van der Waals surface area contributed by atoms with Gasteiger partial charge >= 0.3 is 0 Å². The van der Waals surface area contributed by atoms with Crippen LogP contribution < -0.4 is 49.0 Å². The van der Waals surface area contributed by atoms with Crippen molar-refractivity contribution < 1.29 is 101 Å². The van der Waals surface area contributed by atoms with Gasteiger partial charge < -0.3 is 49.0 Å². The Morgan fingerprint density at radius 2 is 0.512 bits per heavy atom. The molecule has 17 nitrogen and oxygen atoms in total. The number of rotatable bonds is 11. The van der Waals surface area contributed by atoms with Crippen LogP contribution in [-0.4, -0.2) is 34.9 Å². The molecule has 0 bridgehead atoms. The first kappa shape index (κ1) is 92.5. The van der Waals surface area contributed by atoms with Crippen LogP contribution in [0.4, 0.5) is 115 Å². The minimum absolute atomic E-state index is 0. The van der Waals surface area contributed by atoms with E-state index in [-0.39, 0.29) is 101 Å². The number of fused-ring (bicyclic) bond motifs is 5. The Hall–Kier alpha value is -11.7. The molecule has 12 aromatic carbocycles. The van der Waals surface area contributed by atoms with Crippen molar-refractivity contribution >= 4 is 115 Å². The van der Waals surface area contributed by atoms with Crippen LogP contribution in [0.1, 0.15) is 50.6 Å². The number of para-hydroxylation sites is 10. The van der Waals surface area contributed by atoms with Crippen molar-refractivity contribution in [2.24, 2.45) is 0 Å². The fourth-order valence-electron chi connectivity index (χ4n) is 14.8. The third-order valence-electron chi connectivity index (χ3n) is 20.7. The van der Waals surface area contributed by atoms with Crippen molar-refractivity contribution in [2.75, 3.05) is 49.0 Å². The van der Waals surface area contributed by atoms with E-state index in [1.54, 1.807) is 18.6 Å². The molecule has 5 radical (unpaired) electrons. The van der Waals surface area contributed by atoms with Gasteiger partial charge in [0.15, 0.2) is 0 Å². The predicted octanol–water partition coefficient (Wildman–Crippen LogP) is 24.7. The van der Waals surface area contributed by atoms with Gasteiger partial charge in [-0.3, -0.25) is 0 Å². The van der Waals surface area contributed by atoms with Gasteiger partial charge in [0.05, 0.1) is 41.4 Å². The second-order valence-electron chi connectivity index (χ2n) is 29.3. The van der Waals surface area contributed by atoms with E-state index in [1.165, 1.54) is 50.4 Å². The molecule has 4 aromatic heterocycles. The molecule has 125 heavy (non-hydrogen) atoms. The zero-order valence-electron chi connectivity index (χ0n) is 69.8. The van der Waals surface area contributed by atoms with Crippen molar-refractivity contribution in [2.45, 2.75) is 62.3 Å². The Morgan fingerprint density at radius 1 is 0.216 bits per heavy atom. The minimum Gasteiger partial charge on any atom is -0.493 e. The molecule has 0 amide bonds. The average Bonchev–Trinajstić information content (AvgIpc) is 1.65. The van der Waals surface area contributed by atoms with E-state index in [0.29, 0.717) is 0 Å². The maximum absolute atomic E-state index is 4.80. The summed E-state index contributed by atoms with van der Waals surface area (Å²) in [5.41, 5.74) is 26.1. The smallest absolute Gasteiger partial charge is 0.146 e. The Kier molecular flexibility index (Phi) is 31.3. The van der Waals surface area contributed by atoms with Crippen LogP contribution in [0.3, 0.4) is 0 Å². The van der Waals surface area contributed by atoms with E-state index in [2.05, 4.69) is 290 Å². The van der Waals surface area contributed by atoms with E-state index in [0.717, 1.165) is 126 Å². The van der Waals surface area contributed by atoms with Gasteiger partial charge in [0.2, 0.25) is 0 Å². The molecule has 0 unspecified atom stereocenters. The summed E-state index contributed by atoms with van der Waals surface area (Å²) in [5, 5.41) is 0. The van der Waals surface area contributed by atoms with E-state index < -0.39 is 0 Å². The number of pyridine rings is 1. The van der Waals surface area contributed by atoms with Gasteiger partial charge in [-0.25, -0.2) is 34.9 Å². The fourth-order valence-corrected chi connectivity index (χ4v) is 14.8. The second-order valence-corrected chi connectivity index (χ2v) is 29.3. The molecule has 5 aliphatic heterocycles. The molecule has 0 fully saturated rings. The first-order chi connectivity index (χ1) is 58.8. The van der Waals surface area contributed by atoms with Gasteiger partial charge in [-0.1, -0.05) is 127 Å². The Morgan fingerprint density at radius 3 is 0.928 bits per heavy atom. The van der Waals surface area contributed by atoms with Gasteiger partial charge in [-0.2, -0.15) is 152 Å². The normalized spacial score (nSPS) is 12.7. The Balaban J connectivity index is 0.000000141. The average molecular weight is 2520 g/mol. The first-order valence-electron chi connectivity index (χ1n) is 39.7. The summed E-state index contributed by atoms with van der Waals surface area (Å²) < 4.78 is 0. The number of hydrogen-bond donors (Lipinski definition) is 0. The standard InChI is InChI=1S/C24H18N4.C21H18N2.C20H17N3.2C19H16N4.5Ir/c1-18-16-25-23-24(26-18)28(17-27(23)20-12-6-3-7-13-20)22-15-9-8-14-21(22)19-10-4-2-5-11-19;1-16-12-13-20-21(14-16)23(19-11-7-6-8-17(19)2)15-22(20)18-9-4-3-5-10-18;1-15-8-6-7-11-18(15)23-14-22(17-9-4-3-5-10-17)19-13-12-16(2)21-20(19)23;1-14-8-6-7-11-17(14)23-13-22(16-9-4-3-5-10-16)19-18(23)20-12-15(2)21-19;1-14-8-6-7-11-17(14)23-13-22(16-9-4-3-5-10-16)18-19(23)21-15(2)12-20-18;;;;;/h2-12,14-17H,1H3;3-9,11-15H,1-2H3;3-9,11-14H,1-2H3;2*3-9,11-13H,1-2H3;;;;;/q5*-2;;;;;. The maximum Gasteiger partial charge on any atom is 0.146 e. The predicted molar refractivity (Wildman–Crippen MR) is 486 cm³/mol. The number of anilines is 20. The Bertz CT molecular complexity index is 5930. The SMILES string of the molecule is Cc1ccc2c(c1)N(c1ccccc1C)[CH-]N2c1[c-]cccc1.Cc1ccc2c(n1)N(c1ccccc1C)[CH-]N2c1[c-]cccc1.Cc1cnc2c(n1)N(c1[c-]cccc1)[CH-]N2c1ccccc1C.Cc1cnc2c(n1)N(c1ccccc1-c1ccccc1)[CH-]N2c1[c-]cccc1.Cc1cnc2c(n1)N(c1ccccc1C)[CH-]N2c1[c-]cccc1.[Ir].[Ir].[Ir].[Ir].[Ir]. The Labute approximate surface area is 801 Å². The molecule has 637 valence electrons. The largest absolute Gasteiger partial charge is 0.493 e. The quantitative estimate of drug-likeness (QED) is 0.114. The number of aryl methyl sites for hydroxylation is 9. The summed E-state index contributed by atoms with van der Waals surface area (Å²) in [4.78, 5) is 53.9. The third-order valence-corrected chi connectivity index (χ3v) is 20.7. The zero-order valence-corrected chi connectivity index (χ0v) is 81.7. The molecular weight excluding hydrogens is 2440 g/mol. The minimum atomic E-state index is 0. The summed E-state index contributed by atoms with van der Waals surface area (Å²) in [5.74, 6) is 5.91. The van der Waals surface area contributed by atoms with Crippen molar-refractivity contribution in [1.82, 2.24) is 34.9 Å². The molecule has 16 aromatic rings. The molecule has 9 heterocycles. The molecule has 0 atom stereocenters. The zero-order chi connectivity index (χ0) is 82.2. The summed E-state index contributed by atoms with van der Waals surface area (Å²) in [7, 11) is 0. The molecule has 0 saturated carbocycles. The summed E-state index contributed by atoms with van der Waals surface area (Å²) in [6.07, 6.45) is 5.40. The molecule has 0 N–H and O–H groups in total. The van der Waals surface area contributed by atoms with Crippen molar-refractivity contribution in [3.05, 3.63) is 436 Å². The van der Waals surface area contributed by atoms with E-state index in [4.69, 9.17) is 15.0 Å². The van der Waals surface area contributed by atoms with Crippen LogP contribution in [0, 0.1) is 126 Å². The molecular formula is C103H85Ir5N17-10. The van der Waals surface area contributed by atoms with E-state index in [1.807, 2.05) is 208 Å². The molecule has 0 aliphatic carbocycles. The third kappa shape index (κ3) is 20.2. The van der Waals surface area contributed by atoms with Crippen LogP contribution in [0.5, 0.6) is 0 Å². The number of aromatic nitrogens is 7. The number of hydrogen-bond acceptors (Lipinski definition) is 17. The number of benzene rings is 12. The molecule has 22 heteroatoms. The fraction of sp³-hybridized carbons (Fsp3) is 0.0874. The van der Waals surface area contributed by atoms with Crippen LogP contribution in [0.15, 0.2) is 322 Å². The summed E-state index contributed by atoms with van der Waals surface area (Å²) in [6, 6.07) is 119. The summed E-state index contributed by atoms with van der Waals surface area (Å²) in [6.45, 7) is 28.8. The summed E-state index contributed by atoms with van der Waals surface area (Å²) >= 11 is 0. The van der Waals surface area contributed by atoms with Crippen LogP contribution in [0.2, 0.25) is 0 Å². The van der Waals surface area contributed by atoms with Gasteiger partial charge in [0.1, 0.15) is 40.7 Å². The first-order valence-corrected chi connectivity index (χ1v) is 39.7. The van der Waals surface area contributed by atoms with Crippen molar-refractivity contribution in [3.8, 4) is 11.1 Å². The topological polar surface area (TPSA) is 123 Å². The van der Waals surface area contributed by atoms with Crippen LogP contribution >= 0.6 is 0 Å². The molecule has 0 spiro atoms. The van der Waals surface area contributed by atoms with Gasteiger partial charge in [0.25, 0.3) is 0 Å². The van der Waals surface area contributed by atoms with Gasteiger partial charge in [-0.05, 0) is 150 Å². The second kappa shape index (κ2) is 42.3. The molecule has 21 rings (SSSR count). The van der Waals surface area contributed by atoms with E-state index >= 15 is 0 Å². The van der Waals surface area contributed by atoms with Gasteiger partial charge in [0, 0.05) is 152 Å². The van der Waals surface area contributed by atoms with E-state index in [9.17, 15) is 0 Å².